The number of halogens is 1. The minimum absolute atomic E-state index is 0. The van der Waals surface area contributed by atoms with E-state index in [0.717, 1.165) is 24.8 Å². The fraction of sp³-hybridized carbons (Fsp3) is 0.600. The predicted octanol–water partition coefficient (Wildman–Crippen LogP) is 2.58. The predicted molar refractivity (Wildman–Crippen MR) is 105 cm³/mol. The number of amides is 2. The van der Waals surface area contributed by atoms with Crippen LogP contribution in [0.2, 0.25) is 0 Å². The van der Waals surface area contributed by atoms with Gasteiger partial charge < -0.3 is 15.5 Å². The molecule has 6 heteroatoms. The lowest BCUT2D eigenvalue weighted by Crippen LogP contribution is -2.39. The first-order valence-electron chi connectivity index (χ1n) is 9.51. The summed E-state index contributed by atoms with van der Waals surface area (Å²) in [4.78, 5) is 29.3. The van der Waals surface area contributed by atoms with E-state index in [1.807, 2.05) is 40.1 Å². The monoisotopic (exact) mass is 379 g/mol. The molecule has 1 heterocycles. The summed E-state index contributed by atoms with van der Waals surface area (Å²) in [6.45, 7) is 2.40. The van der Waals surface area contributed by atoms with E-state index in [1.54, 1.807) is 0 Å². The molecule has 5 nitrogen and oxygen atoms in total. The third kappa shape index (κ3) is 4.98. The molecule has 3 rings (SSSR count). The number of carbonyl (C=O) groups is 2. The molecule has 2 amide bonds. The lowest BCUT2D eigenvalue weighted by atomic mass is 10.1. The first-order chi connectivity index (χ1) is 12.2. The molecule has 1 aromatic rings. The van der Waals surface area contributed by atoms with Gasteiger partial charge in [-0.3, -0.25) is 9.59 Å². The van der Waals surface area contributed by atoms with E-state index in [2.05, 4.69) is 0 Å². The van der Waals surface area contributed by atoms with E-state index < -0.39 is 0 Å². The summed E-state index contributed by atoms with van der Waals surface area (Å²) < 4.78 is 0. The molecule has 1 saturated heterocycles. The molecule has 1 aromatic carbocycles. The lowest BCUT2D eigenvalue weighted by molar-refractivity contribution is -0.136. The van der Waals surface area contributed by atoms with Gasteiger partial charge in [-0.15, -0.1) is 12.4 Å². The van der Waals surface area contributed by atoms with Gasteiger partial charge in [-0.05, 0) is 31.4 Å². The molecule has 1 aliphatic heterocycles. The topological polar surface area (TPSA) is 66.6 Å². The Kier molecular flexibility index (Phi) is 7.91. The highest BCUT2D eigenvalue weighted by molar-refractivity contribution is 5.89. The Morgan fingerprint density at radius 3 is 2.54 bits per heavy atom. The van der Waals surface area contributed by atoms with Crippen LogP contribution in [0.3, 0.4) is 0 Å². The summed E-state index contributed by atoms with van der Waals surface area (Å²) in [5, 5.41) is 0. The Bertz CT molecular complexity index is 590. The number of likely N-dealkylation sites (tertiary alicyclic amines) is 1. The highest BCUT2D eigenvalue weighted by Crippen LogP contribution is 2.30. The molecule has 0 aromatic heterocycles. The van der Waals surface area contributed by atoms with Crippen LogP contribution >= 0.6 is 12.4 Å². The molecule has 0 bridgehead atoms. The van der Waals surface area contributed by atoms with Crippen molar-refractivity contribution < 1.29 is 9.59 Å². The van der Waals surface area contributed by atoms with Crippen molar-refractivity contribution in [2.45, 2.75) is 51.1 Å². The van der Waals surface area contributed by atoms with E-state index in [1.165, 1.54) is 12.8 Å². The standard InChI is InChI=1S/C20H29N3O2.ClH/c21-11-6-12-22(14-16-7-2-1-3-8-16)20(25)17-13-19(24)23(15-17)18-9-4-5-10-18;/h1-3,7-8,17-18H,4-6,9-15,21H2;1H. The van der Waals surface area contributed by atoms with Crippen LogP contribution in [-0.2, 0) is 16.1 Å². The van der Waals surface area contributed by atoms with Crippen molar-refractivity contribution in [1.29, 1.82) is 0 Å². The highest BCUT2D eigenvalue weighted by Gasteiger charge is 2.39. The van der Waals surface area contributed by atoms with Gasteiger partial charge in [-0.25, -0.2) is 0 Å². The van der Waals surface area contributed by atoms with Gasteiger partial charge in [-0.1, -0.05) is 43.2 Å². The molecule has 1 saturated carbocycles. The van der Waals surface area contributed by atoms with Crippen LogP contribution in [0.4, 0.5) is 0 Å². The van der Waals surface area contributed by atoms with Crippen LogP contribution in [-0.4, -0.2) is 47.3 Å². The number of hydrogen-bond donors (Lipinski definition) is 1. The first-order valence-corrected chi connectivity index (χ1v) is 9.51. The minimum Gasteiger partial charge on any atom is -0.339 e. The van der Waals surface area contributed by atoms with Crippen molar-refractivity contribution in [3.05, 3.63) is 35.9 Å². The van der Waals surface area contributed by atoms with E-state index in [-0.39, 0.29) is 30.1 Å². The van der Waals surface area contributed by atoms with Gasteiger partial charge >= 0.3 is 0 Å². The Labute approximate surface area is 162 Å². The maximum atomic E-state index is 13.1. The Hall–Kier alpha value is -1.59. The van der Waals surface area contributed by atoms with Crippen LogP contribution in [0.25, 0.3) is 0 Å². The van der Waals surface area contributed by atoms with Gasteiger partial charge in [0.2, 0.25) is 11.8 Å². The summed E-state index contributed by atoms with van der Waals surface area (Å²) in [5.41, 5.74) is 6.77. The van der Waals surface area contributed by atoms with E-state index >= 15 is 0 Å². The summed E-state index contributed by atoms with van der Waals surface area (Å²) in [5.74, 6) is 0.0597. The second kappa shape index (κ2) is 9.93. The minimum atomic E-state index is -0.199. The van der Waals surface area contributed by atoms with E-state index in [9.17, 15) is 9.59 Å². The Morgan fingerprint density at radius 1 is 1.19 bits per heavy atom. The molecule has 1 unspecified atom stereocenters. The zero-order chi connectivity index (χ0) is 17.6. The van der Waals surface area contributed by atoms with Gasteiger partial charge in [0.25, 0.3) is 0 Å². The number of nitrogens with zero attached hydrogens (tertiary/aromatic N) is 2. The van der Waals surface area contributed by atoms with Gasteiger partial charge in [0.15, 0.2) is 0 Å². The largest absolute Gasteiger partial charge is 0.339 e. The maximum Gasteiger partial charge on any atom is 0.228 e. The van der Waals surface area contributed by atoms with Crippen LogP contribution in [0.1, 0.15) is 44.1 Å². The second-order valence-electron chi connectivity index (χ2n) is 7.27. The Balaban J connectivity index is 0.00000243. The van der Waals surface area contributed by atoms with Crippen molar-refractivity contribution in [3.8, 4) is 0 Å². The molecular weight excluding hydrogens is 350 g/mol. The summed E-state index contributed by atoms with van der Waals surface area (Å²) in [7, 11) is 0. The summed E-state index contributed by atoms with van der Waals surface area (Å²) in [6, 6.07) is 10.4. The van der Waals surface area contributed by atoms with E-state index in [4.69, 9.17) is 5.73 Å². The summed E-state index contributed by atoms with van der Waals surface area (Å²) in [6.07, 6.45) is 5.73. The van der Waals surface area contributed by atoms with Crippen LogP contribution in [0.15, 0.2) is 30.3 Å². The number of carbonyl (C=O) groups excluding carboxylic acids is 2. The molecule has 2 aliphatic rings. The number of nitrogens with two attached hydrogens (primary N) is 1. The Morgan fingerprint density at radius 2 is 1.88 bits per heavy atom. The molecule has 2 N–H and O–H groups in total. The third-order valence-corrected chi connectivity index (χ3v) is 5.43. The van der Waals surface area contributed by atoms with Gasteiger partial charge in [0.1, 0.15) is 0 Å². The average molecular weight is 380 g/mol. The smallest absolute Gasteiger partial charge is 0.228 e. The maximum absolute atomic E-state index is 13.1. The van der Waals surface area contributed by atoms with Crippen LogP contribution in [0.5, 0.6) is 0 Å². The van der Waals surface area contributed by atoms with Gasteiger partial charge in [-0.2, -0.15) is 0 Å². The second-order valence-corrected chi connectivity index (χ2v) is 7.27. The fourth-order valence-corrected chi connectivity index (χ4v) is 4.08. The van der Waals surface area contributed by atoms with Crippen LogP contribution < -0.4 is 5.73 Å². The molecule has 26 heavy (non-hydrogen) atoms. The SMILES string of the molecule is Cl.NCCCN(Cc1ccccc1)C(=O)C1CC(=O)N(C2CCCC2)C1. The zero-order valence-corrected chi connectivity index (χ0v) is 16.1. The molecular formula is C20H30ClN3O2. The average Bonchev–Trinajstić information content (AvgIpc) is 3.28. The van der Waals surface area contributed by atoms with Crippen LogP contribution in [0, 0.1) is 5.92 Å². The number of benzene rings is 1. The molecule has 2 fully saturated rings. The van der Waals surface area contributed by atoms with Crippen molar-refractivity contribution in [2.24, 2.45) is 11.7 Å². The molecule has 1 atom stereocenters. The quantitative estimate of drug-likeness (QED) is 0.791. The van der Waals surface area contributed by atoms with E-state index in [0.29, 0.717) is 38.6 Å². The third-order valence-electron chi connectivity index (χ3n) is 5.43. The molecule has 0 radical (unpaired) electrons. The molecule has 144 valence electrons. The number of hydrogen-bond acceptors (Lipinski definition) is 3. The highest BCUT2D eigenvalue weighted by atomic mass is 35.5. The van der Waals surface area contributed by atoms with Crippen molar-refractivity contribution in [3.63, 3.8) is 0 Å². The summed E-state index contributed by atoms with van der Waals surface area (Å²) >= 11 is 0. The molecule has 1 aliphatic carbocycles. The molecule has 0 spiro atoms. The number of rotatable bonds is 7. The first kappa shape index (κ1) is 20.7. The van der Waals surface area contributed by atoms with Crippen molar-refractivity contribution in [1.82, 2.24) is 9.80 Å². The van der Waals surface area contributed by atoms with Crippen molar-refractivity contribution in [2.75, 3.05) is 19.6 Å². The van der Waals surface area contributed by atoms with Crippen molar-refractivity contribution >= 4 is 24.2 Å². The normalized spacial score (nSPS) is 20.3. The lowest BCUT2D eigenvalue weighted by Gasteiger charge is -2.27. The zero-order valence-electron chi connectivity index (χ0n) is 15.3. The van der Waals surface area contributed by atoms with Gasteiger partial charge in [0.05, 0.1) is 5.92 Å². The van der Waals surface area contributed by atoms with Gasteiger partial charge in [0, 0.05) is 32.1 Å². The fourth-order valence-electron chi connectivity index (χ4n) is 4.08.